The van der Waals surface area contributed by atoms with Crippen LogP contribution in [-0.4, -0.2) is 29.8 Å². The summed E-state index contributed by atoms with van der Waals surface area (Å²) in [5.74, 6) is 0. The predicted octanol–water partition coefficient (Wildman–Crippen LogP) is 4.17. The zero-order valence-corrected chi connectivity index (χ0v) is 12.9. The van der Waals surface area contributed by atoms with E-state index in [1.807, 2.05) is 0 Å². The molecule has 1 unspecified atom stereocenters. The molecule has 1 atom stereocenters. The lowest BCUT2D eigenvalue weighted by Gasteiger charge is -2.44. The number of hydrogen-bond acceptors (Lipinski definition) is 3. The lowest BCUT2D eigenvalue weighted by Crippen LogP contribution is -2.20. The maximum atomic E-state index is 10.5. The average Bonchev–Trinajstić information content (AvgIpc) is 2.25. The second kappa shape index (κ2) is 5.62. The smallest absolute Gasteiger partial charge is 0.269 e. The maximum Gasteiger partial charge on any atom is 0.269 e. The van der Waals surface area contributed by atoms with Crippen LogP contribution in [0.1, 0.15) is 20.8 Å². The van der Waals surface area contributed by atoms with Gasteiger partial charge < -0.3 is 7.57 Å². The highest BCUT2D eigenvalue weighted by atomic mass is 32.2. The quantitative estimate of drug-likeness (QED) is 0.273. The highest BCUT2D eigenvalue weighted by molar-refractivity contribution is 8.13. The molecule has 6 heteroatoms. The number of nitro benzene ring substituents is 1. The molecule has 0 aliphatic rings. The van der Waals surface area contributed by atoms with Crippen molar-refractivity contribution < 1.29 is 4.92 Å². The summed E-state index contributed by atoms with van der Waals surface area (Å²) in [6.45, 7) is 8.64. The number of thioether (sulfide) groups is 1. The predicted molar refractivity (Wildman–Crippen MR) is 82.2 cm³/mol. The van der Waals surface area contributed by atoms with Gasteiger partial charge in [0.2, 0.25) is 0 Å². The second-order valence-corrected chi connectivity index (χ2v) is 11.1. The van der Waals surface area contributed by atoms with Crippen LogP contribution in [0.25, 0.3) is 0 Å². The van der Waals surface area contributed by atoms with E-state index in [1.54, 1.807) is 23.9 Å². The van der Waals surface area contributed by atoms with Crippen molar-refractivity contribution >= 4 is 32.2 Å². The lowest BCUT2D eigenvalue weighted by atomic mass is 10.3. The van der Waals surface area contributed by atoms with Gasteiger partial charge in [0.25, 0.3) is 5.69 Å². The van der Waals surface area contributed by atoms with E-state index in [9.17, 15) is 10.1 Å². The number of benzene rings is 1. The van der Waals surface area contributed by atoms with Crippen LogP contribution in [0.2, 0.25) is 0 Å². The molecule has 1 aromatic rings. The number of nitrogens with zero attached hydrogens (tertiary/aromatic N) is 1. The van der Waals surface area contributed by atoms with Crippen molar-refractivity contribution in [3.05, 3.63) is 34.4 Å². The Morgan fingerprint density at radius 3 is 2.22 bits per heavy atom. The van der Waals surface area contributed by atoms with E-state index in [1.165, 1.54) is 12.1 Å². The summed E-state index contributed by atoms with van der Waals surface area (Å²) >= 11 is 1.68. The van der Waals surface area contributed by atoms with Crippen LogP contribution < -0.4 is 0 Å². The highest BCUT2D eigenvalue weighted by Crippen LogP contribution is 2.64. The fraction of sp³-hybridized carbons (Fsp3) is 0.500. The van der Waals surface area contributed by atoms with Gasteiger partial charge in [-0.3, -0.25) is 10.1 Å². The molecule has 0 saturated carbocycles. The van der Waals surface area contributed by atoms with Crippen LogP contribution in [0.5, 0.6) is 0 Å². The minimum atomic E-state index is -1.49. The first-order valence-corrected chi connectivity index (χ1v) is 9.12. The molecule has 0 saturated heterocycles. The Morgan fingerprint density at radius 1 is 1.33 bits per heavy atom. The first-order chi connectivity index (χ1) is 8.13. The maximum absolute atomic E-state index is 10.5. The number of rotatable bonds is 4. The third-order valence-corrected chi connectivity index (χ3v) is 9.41. The third-order valence-electron chi connectivity index (χ3n) is 3.08. The minimum Gasteiger partial charge on any atom is -0.305 e. The monoisotopic (exact) mass is 282 g/mol. The molecule has 3 radical (unpaired) electrons. The normalized spacial score (nSPS) is 15.2. The molecule has 0 spiro atoms. The van der Waals surface area contributed by atoms with E-state index in [-0.39, 0.29) is 15.8 Å². The van der Waals surface area contributed by atoms with Gasteiger partial charge in [-0.05, 0) is 32.9 Å². The molecular formula is C12H18BNO2PS. The molecule has 0 bridgehead atoms. The SMILES string of the molecule is [B-][P+](C)(CSc1ccc([N+](=O)[O-])cc1)C(C)(C)C. The lowest BCUT2D eigenvalue weighted by molar-refractivity contribution is -0.384. The fourth-order valence-electron chi connectivity index (χ4n) is 1.07. The molecule has 0 N–H and O–H groups in total. The van der Waals surface area contributed by atoms with E-state index < -0.39 is 7.14 Å². The van der Waals surface area contributed by atoms with Crippen molar-refractivity contribution in [1.82, 2.24) is 0 Å². The summed E-state index contributed by atoms with van der Waals surface area (Å²) in [7, 11) is 4.91. The zero-order valence-electron chi connectivity index (χ0n) is 11.2. The summed E-state index contributed by atoms with van der Waals surface area (Å²) in [6.07, 6.45) is 0. The van der Waals surface area contributed by atoms with Crippen LogP contribution in [0.3, 0.4) is 0 Å². The van der Waals surface area contributed by atoms with Gasteiger partial charge in [-0.15, -0.1) is 0 Å². The summed E-state index contributed by atoms with van der Waals surface area (Å²) in [4.78, 5) is 11.2. The molecule has 0 fully saturated rings. The minimum absolute atomic E-state index is 0.125. The topological polar surface area (TPSA) is 43.1 Å². The molecule has 3 nitrogen and oxygen atoms in total. The Morgan fingerprint density at radius 2 is 1.83 bits per heavy atom. The summed E-state index contributed by atoms with van der Waals surface area (Å²) in [5, 5.41) is 10.7. The first-order valence-electron chi connectivity index (χ1n) is 5.65. The number of nitro groups is 1. The Balaban J connectivity index is 2.67. The highest BCUT2D eigenvalue weighted by Gasteiger charge is 2.28. The molecule has 0 aliphatic carbocycles. The number of non-ortho nitro benzene ring substituents is 1. The van der Waals surface area contributed by atoms with Gasteiger partial charge in [0.1, 0.15) is 0 Å². The van der Waals surface area contributed by atoms with Gasteiger partial charge in [0, 0.05) is 28.8 Å². The van der Waals surface area contributed by atoms with Crippen LogP contribution >= 0.6 is 18.9 Å². The molecule has 0 aliphatic heterocycles. The van der Waals surface area contributed by atoms with Crippen LogP contribution in [0, 0.1) is 10.1 Å². The Labute approximate surface area is 115 Å². The van der Waals surface area contributed by atoms with Crippen molar-refractivity contribution in [2.24, 2.45) is 0 Å². The van der Waals surface area contributed by atoms with Gasteiger partial charge in [-0.25, -0.2) is 7.14 Å². The molecular weight excluding hydrogens is 264 g/mol. The van der Waals surface area contributed by atoms with E-state index in [4.69, 9.17) is 7.57 Å². The standard InChI is InChI=1S/C12H18BNO2PS/c1-12(2,3)17(4,13)9-18-11-7-5-10(6-8-11)14(15)16/h5-8H,9H2,1-4H3. The summed E-state index contributed by atoms with van der Waals surface area (Å²) in [5.41, 5.74) is 1.01. The van der Waals surface area contributed by atoms with Crippen LogP contribution in [-0.2, 0) is 0 Å². The van der Waals surface area contributed by atoms with Crippen LogP contribution in [0.15, 0.2) is 29.2 Å². The van der Waals surface area contributed by atoms with E-state index in [0.717, 1.165) is 10.4 Å². The van der Waals surface area contributed by atoms with E-state index >= 15 is 0 Å². The summed E-state index contributed by atoms with van der Waals surface area (Å²) < 4.78 is 0. The third kappa shape index (κ3) is 3.99. The molecule has 97 valence electrons. The molecule has 0 aromatic heterocycles. The Bertz CT molecular complexity index is 429. The van der Waals surface area contributed by atoms with Gasteiger partial charge in [-0.2, -0.15) is 0 Å². The van der Waals surface area contributed by atoms with E-state index in [2.05, 4.69) is 27.4 Å². The largest absolute Gasteiger partial charge is 0.305 e. The second-order valence-electron chi connectivity index (χ2n) is 5.46. The van der Waals surface area contributed by atoms with Gasteiger partial charge in [-0.1, -0.05) is 11.8 Å². The van der Waals surface area contributed by atoms with Crippen molar-refractivity contribution in [2.45, 2.75) is 30.8 Å². The summed E-state index contributed by atoms with van der Waals surface area (Å²) in [6, 6.07) is 6.63. The molecule has 18 heavy (non-hydrogen) atoms. The Hall–Kier alpha value is -0.535. The molecule has 1 rings (SSSR count). The first kappa shape index (κ1) is 15.5. The zero-order chi connectivity index (χ0) is 14.0. The molecule has 0 heterocycles. The number of hydrogen-bond donors (Lipinski definition) is 0. The van der Waals surface area contributed by atoms with Crippen molar-refractivity contribution in [1.29, 1.82) is 0 Å². The van der Waals surface area contributed by atoms with Gasteiger partial charge >= 0.3 is 0 Å². The fourth-order valence-corrected chi connectivity index (χ4v) is 4.61. The molecule has 0 amide bonds. The average molecular weight is 282 g/mol. The van der Waals surface area contributed by atoms with Gasteiger partial charge in [0.15, 0.2) is 0 Å². The van der Waals surface area contributed by atoms with Crippen molar-refractivity contribution in [2.75, 3.05) is 12.2 Å². The van der Waals surface area contributed by atoms with Crippen LogP contribution in [0.4, 0.5) is 5.69 Å². The van der Waals surface area contributed by atoms with E-state index in [0.29, 0.717) is 0 Å². The van der Waals surface area contributed by atoms with Crippen molar-refractivity contribution in [3.8, 4) is 0 Å². The Kier molecular flexibility index (Phi) is 4.85. The van der Waals surface area contributed by atoms with Gasteiger partial charge in [0.05, 0.1) is 10.4 Å². The molecule has 1 aromatic carbocycles. The van der Waals surface area contributed by atoms with Crippen molar-refractivity contribution in [3.63, 3.8) is 0 Å².